The first-order chi connectivity index (χ1) is 7.33. The Balaban J connectivity index is 2.24. The molecule has 0 spiro atoms. The van der Waals surface area contributed by atoms with Gasteiger partial charge >= 0.3 is 96.6 Å². The molecule has 0 saturated carbocycles. The number of allylic oxidation sites excluding steroid dienone is 1. The zero-order chi connectivity index (χ0) is 10.7. The first-order valence-corrected chi connectivity index (χ1v) is 7.06. The molecule has 0 bridgehead atoms. The molecule has 1 heterocycles. The van der Waals surface area contributed by atoms with Crippen LogP contribution in [-0.2, 0) is 0 Å². The summed E-state index contributed by atoms with van der Waals surface area (Å²) in [5, 5.41) is 0. The van der Waals surface area contributed by atoms with Crippen molar-refractivity contribution in [1.82, 2.24) is 0 Å². The zero-order valence-corrected chi connectivity index (χ0v) is 10.5. The van der Waals surface area contributed by atoms with Crippen LogP contribution in [-0.4, -0.2) is 19.6 Å². The third kappa shape index (κ3) is 2.22. The topological polar surface area (TPSA) is 17.1 Å². The van der Waals surface area contributed by atoms with Gasteiger partial charge in [-0.2, -0.15) is 0 Å². The van der Waals surface area contributed by atoms with Gasteiger partial charge in [0.15, 0.2) is 0 Å². The Morgan fingerprint density at radius 3 is 2.73 bits per heavy atom. The number of hydrogen-bond donors (Lipinski definition) is 0. The second-order valence-corrected chi connectivity index (χ2v) is 5.77. The third-order valence-corrected chi connectivity index (χ3v) is 4.63. The summed E-state index contributed by atoms with van der Waals surface area (Å²) in [4.78, 5) is 11.7. The minimum atomic E-state index is 0.0252. The molecular weight excluding hydrogens is 251 g/mol. The van der Waals surface area contributed by atoms with Crippen LogP contribution in [0.3, 0.4) is 0 Å². The molecule has 0 aromatic heterocycles. The van der Waals surface area contributed by atoms with Gasteiger partial charge in [-0.05, 0) is 0 Å². The van der Waals surface area contributed by atoms with Crippen LogP contribution in [0.15, 0.2) is 30.3 Å². The summed E-state index contributed by atoms with van der Waals surface area (Å²) in [5.74, 6) is 0. The summed E-state index contributed by atoms with van der Waals surface area (Å²) in [6.07, 6.45) is 5.80. The van der Waals surface area contributed by atoms with Crippen molar-refractivity contribution in [1.29, 1.82) is 0 Å². The van der Waals surface area contributed by atoms with Crippen LogP contribution < -0.4 is 0 Å². The van der Waals surface area contributed by atoms with Gasteiger partial charge in [-0.25, -0.2) is 0 Å². The molecule has 0 unspecified atom stereocenters. The quantitative estimate of drug-likeness (QED) is 0.606. The summed E-state index contributed by atoms with van der Waals surface area (Å²) in [5.41, 5.74) is 2.11. The van der Waals surface area contributed by atoms with E-state index in [0.29, 0.717) is 4.68 Å². The molecule has 0 aliphatic carbocycles. The normalized spacial score (nSPS) is 17.1. The van der Waals surface area contributed by atoms with Crippen molar-refractivity contribution >= 4 is 24.1 Å². The number of hydrogen-bond acceptors (Lipinski definition) is 1. The van der Waals surface area contributed by atoms with Crippen molar-refractivity contribution in [2.75, 3.05) is 0 Å². The van der Waals surface area contributed by atoms with Gasteiger partial charge in [0.1, 0.15) is 0 Å². The van der Waals surface area contributed by atoms with Crippen LogP contribution in [0.5, 0.6) is 0 Å². The first kappa shape index (κ1) is 10.7. The monoisotopic (exact) mass is 266 g/mol. The summed E-state index contributed by atoms with van der Waals surface area (Å²) < 4.78 is 1.62. The van der Waals surface area contributed by atoms with Crippen molar-refractivity contribution in [3.8, 4) is 0 Å². The molecule has 1 aromatic rings. The van der Waals surface area contributed by atoms with Crippen LogP contribution in [0.25, 0.3) is 4.47 Å². The number of fused-ring (bicyclic) bond motifs is 1. The summed E-state index contributed by atoms with van der Waals surface area (Å²) >= 11 is 0.0252. The van der Waals surface area contributed by atoms with Gasteiger partial charge in [-0.3, -0.25) is 0 Å². The SMILES string of the molecule is CCCC/C=C1/[Se]C(=O)c2ccccc21. The molecule has 2 rings (SSSR count). The Morgan fingerprint density at radius 1 is 1.27 bits per heavy atom. The Morgan fingerprint density at radius 2 is 2.00 bits per heavy atom. The summed E-state index contributed by atoms with van der Waals surface area (Å²) in [6, 6.07) is 7.98. The van der Waals surface area contributed by atoms with Gasteiger partial charge in [0.25, 0.3) is 0 Å². The Labute approximate surface area is 96.7 Å². The standard InChI is InChI=1S/C13H14OSe/c1-2-3-4-9-12-10-7-5-6-8-11(10)13(14)15-12/h5-9H,2-4H2,1H3/b12-9+. The Hall–Kier alpha value is -0.851. The molecule has 0 N–H and O–H groups in total. The molecule has 15 heavy (non-hydrogen) atoms. The molecule has 1 nitrogen and oxygen atoms in total. The molecule has 0 fully saturated rings. The number of unbranched alkanes of at least 4 members (excludes halogenated alkanes) is 2. The molecule has 78 valence electrons. The fourth-order valence-electron chi connectivity index (χ4n) is 1.67. The number of benzene rings is 1. The molecule has 0 saturated heterocycles. The van der Waals surface area contributed by atoms with Crippen molar-refractivity contribution in [2.45, 2.75) is 26.2 Å². The molecule has 2 heteroatoms. The van der Waals surface area contributed by atoms with Crippen LogP contribution in [0, 0.1) is 0 Å². The molecule has 0 radical (unpaired) electrons. The average molecular weight is 265 g/mol. The van der Waals surface area contributed by atoms with E-state index in [9.17, 15) is 4.79 Å². The second kappa shape index (κ2) is 4.78. The summed E-state index contributed by atoms with van der Waals surface area (Å²) in [7, 11) is 0. The predicted molar refractivity (Wildman–Crippen MR) is 64.0 cm³/mol. The second-order valence-electron chi connectivity index (χ2n) is 3.65. The van der Waals surface area contributed by atoms with Gasteiger partial charge in [0.2, 0.25) is 0 Å². The van der Waals surface area contributed by atoms with E-state index < -0.39 is 0 Å². The van der Waals surface area contributed by atoms with Crippen LogP contribution in [0.1, 0.15) is 42.1 Å². The molecule has 1 aliphatic heterocycles. The van der Waals surface area contributed by atoms with Crippen LogP contribution in [0.4, 0.5) is 0 Å². The average Bonchev–Trinajstić information content (AvgIpc) is 2.58. The maximum absolute atomic E-state index is 11.7. The van der Waals surface area contributed by atoms with Gasteiger partial charge in [0, 0.05) is 0 Å². The fourth-order valence-corrected chi connectivity index (χ4v) is 3.72. The van der Waals surface area contributed by atoms with Crippen molar-refractivity contribution in [3.63, 3.8) is 0 Å². The molecule has 0 atom stereocenters. The molecular formula is C13H14OSe. The third-order valence-electron chi connectivity index (χ3n) is 2.50. The van der Waals surface area contributed by atoms with E-state index in [-0.39, 0.29) is 15.0 Å². The van der Waals surface area contributed by atoms with Crippen LogP contribution >= 0.6 is 0 Å². The molecule has 0 amide bonds. The van der Waals surface area contributed by atoms with E-state index in [2.05, 4.69) is 19.1 Å². The Kier molecular flexibility index (Phi) is 3.40. The Bertz CT molecular complexity index is 407. The zero-order valence-electron chi connectivity index (χ0n) is 8.82. The van der Waals surface area contributed by atoms with E-state index in [1.807, 2.05) is 18.2 Å². The number of carbonyl (C=O) groups excluding carboxylic acids is 1. The maximum atomic E-state index is 11.7. The number of rotatable bonds is 3. The predicted octanol–water partition coefficient (Wildman–Crippen LogP) is 3.08. The van der Waals surface area contributed by atoms with Crippen LogP contribution in [0.2, 0.25) is 0 Å². The van der Waals surface area contributed by atoms with E-state index in [1.54, 1.807) is 0 Å². The van der Waals surface area contributed by atoms with Crippen molar-refractivity contribution in [2.24, 2.45) is 0 Å². The van der Waals surface area contributed by atoms with Gasteiger partial charge < -0.3 is 0 Å². The van der Waals surface area contributed by atoms with Crippen molar-refractivity contribution < 1.29 is 4.79 Å². The van der Waals surface area contributed by atoms with E-state index in [4.69, 9.17) is 0 Å². The molecule has 1 aliphatic rings. The number of carbonyl (C=O) groups is 1. The van der Waals surface area contributed by atoms with E-state index >= 15 is 0 Å². The van der Waals surface area contributed by atoms with Gasteiger partial charge in [-0.1, -0.05) is 0 Å². The molecule has 1 aromatic carbocycles. The minimum absolute atomic E-state index is 0.0252. The van der Waals surface area contributed by atoms with Crippen molar-refractivity contribution in [3.05, 3.63) is 41.5 Å². The fraction of sp³-hybridized carbons (Fsp3) is 0.308. The van der Waals surface area contributed by atoms with E-state index in [1.165, 1.54) is 22.9 Å². The van der Waals surface area contributed by atoms with Gasteiger partial charge in [-0.15, -0.1) is 0 Å². The first-order valence-electron chi connectivity index (χ1n) is 5.34. The van der Waals surface area contributed by atoms with E-state index in [0.717, 1.165) is 12.0 Å². The van der Waals surface area contributed by atoms with Gasteiger partial charge in [0.05, 0.1) is 0 Å². The summed E-state index contributed by atoms with van der Waals surface area (Å²) in [6.45, 7) is 2.19.